The molecule has 0 saturated carbocycles. The first-order valence-corrected chi connectivity index (χ1v) is 4.63. The second kappa shape index (κ2) is 3.46. The van der Waals surface area contributed by atoms with Crippen molar-refractivity contribution in [3.05, 3.63) is 0 Å². The SMILES string of the molecule is CC(C)(C)CCC1COC(=O)C1. The highest BCUT2D eigenvalue weighted by molar-refractivity contribution is 5.71. The highest BCUT2D eigenvalue weighted by atomic mass is 16.5. The summed E-state index contributed by atoms with van der Waals surface area (Å²) in [6, 6.07) is 0. The monoisotopic (exact) mass is 170 g/mol. The number of ether oxygens (including phenoxy) is 1. The van der Waals surface area contributed by atoms with E-state index in [4.69, 9.17) is 4.74 Å². The summed E-state index contributed by atoms with van der Waals surface area (Å²) in [6.07, 6.45) is 2.93. The van der Waals surface area contributed by atoms with Crippen LogP contribution in [0.2, 0.25) is 0 Å². The third-order valence-electron chi connectivity index (χ3n) is 2.24. The molecule has 1 saturated heterocycles. The molecule has 70 valence electrons. The van der Waals surface area contributed by atoms with Gasteiger partial charge in [-0.3, -0.25) is 4.79 Å². The van der Waals surface area contributed by atoms with Crippen LogP contribution < -0.4 is 0 Å². The third kappa shape index (κ3) is 3.24. The highest BCUT2D eigenvalue weighted by Gasteiger charge is 2.24. The molecule has 0 aromatic carbocycles. The average molecular weight is 170 g/mol. The number of esters is 1. The standard InChI is InChI=1S/C10H18O2/c1-10(2,3)5-4-8-6-9(11)12-7-8/h8H,4-7H2,1-3H3. The molecule has 1 aliphatic rings. The minimum atomic E-state index is -0.0195. The van der Waals surface area contributed by atoms with Crippen LogP contribution in [0.4, 0.5) is 0 Å². The fraction of sp³-hybridized carbons (Fsp3) is 0.900. The van der Waals surface area contributed by atoms with Gasteiger partial charge in [0.2, 0.25) is 0 Å². The summed E-state index contributed by atoms with van der Waals surface area (Å²) in [5.74, 6) is 0.464. The maximum atomic E-state index is 10.8. The molecule has 0 radical (unpaired) electrons. The van der Waals surface area contributed by atoms with Gasteiger partial charge in [0.1, 0.15) is 0 Å². The summed E-state index contributed by atoms with van der Waals surface area (Å²) < 4.78 is 4.89. The van der Waals surface area contributed by atoms with Gasteiger partial charge in [0.15, 0.2) is 0 Å². The zero-order valence-electron chi connectivity index (χ0n) is 8.22. The van der Waals surface area contributed by atoms with Crippen LogP contribution >= 0.6 is 0 Å². The van der Waals surface area contributed by atoms with Crippen molar-refractivity contribution in [2.24, 2.45) is 11.3 Å². The Kier molecular flexibility index (Phi) is 2.76. The molecule has 1 atom stereocenters. The maximum Gasteiger partial charge on any atom is 0.306 e. The van der Waals surface area contributed by atoms with E-state index in [-0.39, 0.29) is 5.97 Å². The van der Waals surface area contributed by atoms with Crippen LogP contribution in [0.25, 0.3) is 0 Å². The number of rotatable bonds is 2. The minimum absolute atomic E-state index is 0.0195. The van der Waals surface area contributed by atoms with Crippen molar-refractivity contribution in [3.63, 3.8) is 0 Å². The molecule has 1 aliphatic heterocycles. The zero-order chi connectivity index (χ0) is 9.19. The number of carbonyl (C=O) groups is 1. The van der Waals surface area contributed by atoms with E-state index in [9.17, 15) is 4.79 Å². The third-order valence-corrected chi connectivity index (χ3v) is 2.24. The van der Waals surface area contributed by atoms with Crippen LogP contribution in [0, 0.1) is 11.3 Å². The lowest BCUT2D eigenvalue weighted by molar-refractivity contribution is -0.137. The quantitative estimate of drug-likeness (QED) is 0.595. The molecule has 0 aromatic rings. The molecule has 0 amide bonds. The molecule has 1 heterocycles. The molecular formula is C10H18O2. The lowest BCUT2D eigenvalue weighted by Gasteiger charge is -2.19. The van der Waals surface area contributed by atoms with Crippen LogP contribution in [0.5, 0.6) is 0 Å². The summed E-state index contributed by atoms with van der Waals surface area (Å²) in [6.45, 7) is 7.33. The summed E-state index contributed by atoms with van der Waals surface area (Å²) in [5.41, 5.74) is 0.381. The fourth-order valence-corrected chi connectivity index (χ4v) is 1.39. The summed E-state index contributed by atoms with van der Waals surface area (Å²) in [4.78, 5) is 10.8. The van der Waals surface area contributed by atoms with E-state index >= 15 is 0 Å². The first-order chi connectivity index (χ1) is 5.47. The van der Waals surface area contributed by atoms with Crippen molar-refractivity contribution in [2.75, 3.05) is 6.61 Å². The van der Waals surface area contributed by atoms with Gasteiger partial charge in [0, 0.05) is 5.92 Å². The second-order valence-electron chi connectivity index (χ2n) is 4.85. The van der Waals surface area contributed by atoms with Crippen molar-refractivity contribution >= 4 is 5.97 Å². The summed E-state index contributed by atoms with van der Waals surface area (Å²) in [7, 11) is 0. The van der Waals surface area contributed by atoms with Gasteiger partial charge in [-0.25, -0.2) is 0 Å². The van der Waals surface area contributed by atoms with Crippen molar-refractivity contribution in [1.29, 1.82) is 0 Å². The first kappa shape index (κ1) is 9.56. The molecule has 2 heteroatoms. The highest BCUT2D eigenvalue weighted by Crippen LogP contribution is 2.27. The Morgan fingerprint density at radius 2 is 2.17 bits per heavy atom. The Labute approximate surface area is 74.3 Å². The van der Waals surface area contributed by atoms with Gasteiger partial charge in [-0.15, -0.1) is 0 Å². The van der Waals surface area contributed by atoms with Crippen LogP contribution in [-0.2, 0) is 9.53 Å². The molecule has 1 fully saturated rings. The second-order valence-corrected chi connectivity index (χ2v) is 4.85. The van der Waals surface area contributed by atoms with Gasteiger partial charge in [-0.2, -0.15) is 0 Å². The van der Waals surface area contributed by atoms with Gasteiger partial charge in [0.05, 0.1) is 13.0 Å². The zero-order valence-corrected chi connectivity index (χ0v) is 8.22. The van der Waals surface area contributed by atoms with E-state index in [0.717, 1.165) is 6.42 Å². The predicted octanol–water partition coefficient (Wildman–Crippen LogP) is 2.38. The predicted molar refractivity (Wildman–Crippen MR) is 47.8 cm³/mol. The minimum Gasteiger partial charge on any atom is -0.465 e. The number of hydrogen-bond donors (Lipinski definition) is 0. The van der Waals surface area contributed by atoms with Crippen LogP contribution in [0.15, 0.2) is 0 Å². The van der Waals surface area contributed by atoms with Crippen LogP contribution in [0.1, 0.15) is 40.0 Å². The fourth-order valence-electron chi connectivity index (χ4n) is 1.39. The molecule has 0 N–H and O–H groups in total. The maximum absolute atomic E-state index is 10.8. The molecule has 12 heavy (non-hydrogen) atoms. The molecular weight excluding hydrogens is 152 g/mol. The topological polar surface area (TPSA) is 26.3 Å². The first-order valence-electron chi connectivity index (χ1n) is 4.63. The molecule has 0 aromatic heterocycles. The van der Waals surface area contributed by atoms with Gasteiger partial charge in [-0.1, -0.05) is 20.8 Å². The molecule has 0 bridgehead atoms. The molecule has 0 spiro atoms. The van der Waals surface area contributed by atoms with Crippen molar-refractivity contribution in [3.8, 4) is 0 Å². The Morgan fingerprint density at radius 1 is 1.50 bits per heavy atom. The van der Waals surface area contributed by atoms with Crippen molar-refractivity contribution in [1.82, 2.24) is 0 Å². The number of carbonyl (C=O) groups excluding carboxylic acids is 1. The normalized spacial score (nSPS) is 24.2. The van der Waals surface area contributed by atoms with E-state index in [0.29, 0.717) is 24.4 Å². The molecule has 1 unspecified atom stereocenters. The lowest BCUT2D eigenvalue weighted by atomic mass is 9.86. The largest absolute Gasteiger partial charge is 0.465 e. The van der Waals surface area contributed by atoms with Crippen molar-refractivity contribution < 1.29 is 9.53 Å². The Morgan fingerprint density at radius 3 is 2.58 bits per heavy atom. The Bertz CT molecular complexity index is 167. The van der Waals surface area contributed by atoms with Crippen LogP contribution in [0.3, 0.4) is 0 Å². The smallest absolute Gasteiger partial charge is 0.306 e. The van der Waals surface area contributed by atoms with Gasteiger partial charge in [0.25, 0.3) is 0 Å². The Hall–Kier alpha value is -0.530. The van der Waals surface area contributed by atoms with E-state index < -0.39 is 0 Å². The molecule has 1 rings (SSSR count). The van der Waals surface area contributed by atoms with E-state index in [1.165, 1.54) is 6.42 Å². The number of cyclic esters (lactones) is 1. The van der Waals surface area contributed by atoms with Gasteiger partial charge >= 0.3 is 5.97 Å². The van der Waals surface area contributed by atoms with E-state index in [1.807, 2.05) is 0 Å². The lowest BCUT2D eigenvalue weighted by Crippen LogP contribution is -2.09. The van der Waals surface area contributed by atoms with E-state index in [1.54, 1.807) is 0 Å². The summed E-state index contributed by atoms with van der Waals surface area (Å²) in [5, 5.41) is 0. The Balaban J connectivity index is 2.20. The molecule has 0 aliphatic carbocycles. The van der Waals surface area contributed by atoms with Crippen molar-refractivity contribution in [2.45, 2.75) is 40.0 Å². The van der Waals surface area contributed by atoms with Gasteiger partial charge < -0.3 is 4.74 Å². The van der Waals surface area contributed by atoms with Crippen LogP contribution in [-0.4, -0.2) is 12.6 Å². The average Bonchev–Trinajstić information content (AvgIpc) is 2.30. The number of hydrogen-bond acceptors (Lipinski definition) is 2. The van der Waals surface area contributed by atoms with Gasteiger partial charge in [-0.05, 0) is 18.3 Å². The molecule has 2 nitrogen and oxygen atoms in total. The van der Waals surface area contributed by atoms with E-state index in [2.05, 4.69) is 20.8 Å². The summed E-state index contributed by atoms with van der Waals surface area (Å²) >= 11 is 0.